The van der Waals surface area contributed by atoms with Gasteiger partial charge in [0.25, 0.3) is 18.7 Å². The van der Waals surface area contributed by atoms with Gasteiger partial charge in [0.2, 0.25) is 16.7 Å². The molecule has 6 rings (SSSR count). The first-order valence-corrected chi connectivity index (χ1v) is 16.6. The number of hydrogen-bond donors (Lipinski definition) is 3. The zero-order valence-corrected chi connectivity index (χ0v) is 26.8. The number of nitrogens with zero attached hydrogens (tertiary/aromatic N) is 4. The highest BCUT2D eigenvalue weighted by atomic mass is 35.5. The number of aromatic nitrogens is 2. The Hall–Kier alpha value is -4.79. The van der Waals surface area contributed by atoms with Crippen LogP contribution in [-0.2, 0) is 24.8 Å². The fourth-order valence-corrected chi connectivity index (χ4v) is 7.89. The third-order valence-electron chi connectivity index (χ3n) is 7.67. The molecule has 1 fully saturated rings. The average molecular weight is 693 g/mol. The van der Waals surface area contributed by atoms with Crippen LogP contribution in [0.4, 0.5) is 9.52 Å². The molecule has 2 aliphatic rings. The van der Waals surface area contributed by atoms with Crippen LogP contribution in [0.1, 0.15) is 22.5 Å². The third-order valence-corrected chi connectivity index (χ3v) is 9.96. The summed E-state index contributed by atoms with van der Waals surface area (Å²) in [7, 11) is 0. The molecule has 0 radical (unpaired) electrons. The zero-order valence-electron chi connectivity index (χ0n) is 24.4. The van der Waals surface area contributed by atoms with Crippen molar-refractivity contribution in [2.75, 3.05) is 23.8 Å². The van der Waals surface area contributed by atoms with Gasteiger partial charge in [-0.05, 0) is 22.3 Å². The number of thioether (sulfide) groups is 1. The topological polar surface area (TPSA) is 146 Å². The maximum absolute atomic E-state index is 13.5. The minimum atomic E-state index is -1.33. The zero-order chi connectivity index (χ0) is 33.0. The number of anilines is 1. The van der Waals surface area contributed by atoms with E-state index in [4.69, 9.17) is 11.6 Å². The summed E-state index contributed by atoms with van der Waals surface area (Å²) >= 11 is 8.13. The predicted octanol–water partition coefficient (Wildman–Crippen LogP) is 4.57. The number of carbonyl (C=O) groups is 3. The lowest BCUT2D eigenvalue weighted by molar-refractivity contribution is -0.150. The summed E-state index contributed by atoms with van der Waals surface area (Å²) in [6.07, 6.45) is 0. The van der Waals surface area contributed by atoms with Gasteiger partial charge < -0.3 is 20.6 Å². The van der Waals surface area contributed by atoms with Crippen molar-refractivity contribution in [3.8, 4) is 0 Å². The minimum absolute atomic E-state index is 0.0501. The molecule has 15 heteroatoms. The SMILES string of the molecule is O=C(O)C1=C(CCl)CS[C@@H]2[C@H](NC(=O)/C(=N\OCF)c3nsc(NC(c4ccccc4)(c4ccccc4)c4ccccc4)n3)C(=O)N12. The van der Waals surface area contributed by atoms with E-state index in [1.165, 1.54) is 11.8 Å². The Bertz CT molecular complexity index is 1750. The molecular weight excluding hydrogens is 667 g/mol. The lowest BCUT2D eigenvalue weighted by atomic mass is 9.77. The molecule has 4 aromatic rings. The summed E-state index contributed by atoms with van der Waals surface area (Å²) in [6, 6.07) is 28.3. The van der Waals surface area contributed by atoms with Crippen LogP contribution in [-0.4, -0.2) is 72.8 Å². The molecule has 0 unspecified atom stereocenters. The van der Waals surface area contributed by atoms with Crippen molar-refractivity contribution in [1.82, 2.24) is 19.6 Å². The molecule has 1 aromatic heterocycles. The summed E-state index contributed by atoms with van der Waals surface area (Å²) in [5.41, 5.74) is 1.54. The highest BCUT2D eigenvalue weighted by Gasteiger charge is 2.54. The molecule has 0 aliphatic carbocycles. The Morgan fingerprint density at radius 3 is 2.11 bits per heavy atom. The second kappa shape index (κ2) is 13.9. The highest BCUT2D eigenvalue weighted by Crippen LogP contribution is 2.42. The molecule has 0 spiro atoms. The number of halogens is 2. The van der Waals surface area contributed by atoms with Gasteiger partial charge in [0.1, 0.15) is 22.7 Å². The lowest BCUT2D eigenvalue weighted by Gasteiger charge is -2.49. The Kier molecular flexibility index (Phi) is 9.52. The molecule has 2 atom stereocenters. The van der Waals surface area contributed by atoms with E-state index in [-0.39, 0.29) is 23.2 Å². The van der Waals surface area contributed by atoms with Crippen molar-refractivity contribution in [2.24, 2.45) is 5.16 Å². The number of oxime groups is 1. The summed E-state index contributed by atoms with van der Waals surface area (Å²) in [5, 5.41) is 19.1. The molecule has 2 aliphatic heterocycles. The van der Waals surface area contributed by atoms with Gasteiger partial charge in [-0.15, -0.1) is 23.4 Å². The molecule has 0 bridgehead atoms. The molecule has 47 heavy (non-hydrogen) atoms. The normalized spacial score (nSPS) is 17.9. The maximum atomic E-state index is 13.5. The number of alkyl halides is 2. The van der Waals surface area contributed by atoms with Crippen molar-refractivity contribution in [2.45, 2.75) is 17.0 Å². The second-order valence-corrected chi connectivity index (χ2v) is 12.5. The number of aliphatic carboxylic acids is 1. The van der Waals surface area contributed by atoms with Crippen LogP contribution in [0.3, 0.4) is 0 Å². The third kappa shape index (κ3) is 6.06. The van der Waals surface area contributed by atoms with E-state index in [1.807, 2.05) is 91.0 Å². The summed E-state index contributed by atoms with van der Waals surface area (Å²) < 4.78 is 17.4. The van der Waals surface area contributed by atoms with Gasteiger partial charge in [0.05, 0.1) is 0 Å². The van der Waals surface area contributed by atoms with Crippen LogP contribution in [0, 0.1) is 0 Å². The van der Waals surface area contributed by atoms with Crippen molar-refractivity contribution < 1.29 is 28.7 Å². The summed E-state index contributed by atoms with van der Waals surface area (Å²) in [4.78, 5) is 48.7. The van der Waals surface area contributed by atoms with Gasteiger partial charge in [-0.1, -0.05) is 96.2 Å². The number of carbonyl (C=O) groups excluding carboxylic acids is 2. The maximum Gasteiger partial charge on any atom is 0.352 e. The summed E-state index contributed by atoms with van der Waals surface area (Å²) in [5.74, 6) is -2.76. The molecule has 2 amide bonds. The van der Waals surface area contributed by atoms with Crippen LogP contribution in [0.2, 0.25) is 0 Å². The number of β-lactam (4-membered cyclic amide) rings is 1. The van der Waals surface area contributed by atoms with Gasteiger partial charge in [0.15, 0.2) is 0 Å². The smallest absolute Gasteiger partial charge is 0.352 e. The predicted molar refractivity (Wildman–Crippen MR) is 177 cm³/mol. The Balaban J connectivity index is 1.31. The molecule has 11 nitrogen and oxygen atoms in total. The van der Waals surface area contributed by atoms with Crippen LogP contribution < -0.4 is 10.6 Å². The van der Waals surface area contributed by atoms with Gasteiger partial charge >= 0.3 is 5.97 Å². The fraction of sp³-hybridized carbons (Fsp3) is 0.188. The van der Waals surface area contributed by atoms with E-state index in [2.05, 4.69) is 30.0 Å². The number of amides is 2. The number of hydrogen-bond acceptors (Lipinski definition) is 10. The van der Waals surface area contributed by atoms with Gasteiger partial charge in [0, 0.05) is 23.2 Å². The lowest BCUT2D eigenvalue weighted by Crippen LogP contribution is -2.71. The quantitative estimate of drug-likeness (QED) is 0.0639. The molecule has 1 saturated heterocycles. The Morgan fingerprint density at radius 1 is 1.02 bits per heavy atom. The molecule has 3 heterocycles. The van der Waals surface area contributed by atoms with Crippen LogP contribution in [0.5, 0.6) is 0 Å². The first-order chi connectivity index (χ1) is 22.9. The minimum Gasteiger partial charge on any atom is -0.477 e. The number of nitrogens with one attached hydrogen (secondary N) is 2. The van der Waals surface area contributed by atoms with Crippen LogP contribution in [0.15, 0.2) is 107 Å². The molecule has 3 N–H and O–H groups in total. The van der Waals surface area contributed by atoms with Crippen molar-refractivity contribution in [3.05, 3.63) is 125 Å². The van der Waals surface area contributed by atoms with Gasteiger partial charge in [-0.2, -0.15) is 9.36 Å². The summed E-state index contributed by atoms with van der Waals surface area (Å²) in [6.45, 7) is -1.33. The second-order valence-electron chi connectivity index (χ2n) is 10.3. The van der Waals surface area contributed by atoms with E-state index in [9.17, 15) is 23.9 Å². The van der Waals surface area contributed by atoms with E-state index in [0.29, 0.717) is 10.7 Å². The Labute approximate surface area is 281 Å². The largest absolute Gasteiger partial charge is 0.477 e. The van der Waals surface area contributed by atoms with Gasteiger partial charge in [-0.3, -0.25) is 14.5 Å². The van der Waals surface area contributed by atoms with Gasteiger partial charge in [-0.25, -0.2) is 9.18 Å². The number of carboxylic acids is 1. The molecule has 240 valence electrons. The van der Waals surface area contributed by atoms with E-state index in [0.717, 1.165) is 33.1 Å². The fourth-order valence-electron chi connectivity index (χ4n) is 5.58. The van der Waals surface area contributed by atoms with Crippen molar-refractivity contribution >= 4 is 63.5 Å². The van der Waals surface area contributed by atoms with E-state index < -0.39 is 47.3 Å². The van der Waals surface area contributed by atoms with Crippen LogP contribution >= 0.6 is 34.9 Å². The molecular formula is C32H26ClFN6O5S2. The first kappa shape index (κ1) is 32.2. The number of carboxylic acid groups (broad SMARTS) is 1. The highest BCUT2D eigenvalue weighted by molar-refractivity contribution is 8.00. The first-order valence-electron chi connectivity index (χ1n) is 14.2. The van der Waals surface area contributed by atoms with Crippen molar-refractivity contribution in [3.63, 3.8) is 0 Å². The molecule has 3 aromatic carbocycles. The van der Waals surface area contributed by atoms with Crippen molar-refractivity contribution in [1.29, 1.82) is 0 Å². The average Bonchev–Trinajstić information content (AvgIpc) is 3.57. The van der Waals surface area contributed by atoms with Crippen LogP contribution in [0.25, 0.3) is 0 Å². The van der Waals surface area contributed by atoms with E-state index >= 15 is 0 Å². The standard InChI is InChI=1S/C32H26ClFN6O5S2/c33-16-19-17-46-29-24(28(42)40(29)25(19)30(43)44)35-27(41)23(38-45-18-34)26-36-31(47-39-26)37-32(20-10-4-1-5-11-20,21-12-6-2-7-13-21)22-14-8-3-9-15-22/h1-15,24,29H,16-18H2,(H,35,41)(H,43,44)(H,36,37,39)/b38-23-/t24-,29-/m1/s1. The molecule has 0 saturated carbocycles. The number of fused-ring (bicyclic) bond motifs is 1. The number of benzene rings is 3. The Morgan fingerprint density at radius 2 is 1.60 bits per heavy atom. The number of rotatable bonds is 12. The van der Waals surface area contributed by atoms with E-state index in [1.54, 1.807) is 0 Å². The monoisotopic (exact) mass is 692 g/mol.